The molecule has 0 radical (unpaired) electrons. The lowest BCUT2D eigenvalue weighted by Gasteiger charge is -2.18. The van der Waals surface area contributed by atoms with Crippen LogP contribution in [0.15, 0.2) is 167 Å². The monoisotopic (exact) mass is 586 g/mol. The highest BCUT2D eigenvalue weighted by atomic mass is 16.4. The Bertz CT molecular complexity index is 2740. The summed E-state index contributed by atoms with van der Waals surface area (Å²) in [6.45, 7) is 0. The van der Waals surface area contributed by atoms with E-state index in [2.05, 4.69) is 146 Å². The molecule has 8 aromatic carbocycles. The largest absolute Gasteiger partial charge is 0.460 e. The van der Waals surface area contributed by atoms with Crippen LogP contribution in [-0.4, -0.2) is 0 Å². The van der Waals surface area contributed by atoms with Gasteiger partial charge in [-0.2, -0.15) is 0 Å². The fourth-order valence-electron chi connectivity index (χ4n) is 7.50. The van der Waals surface area contributed by atoms with Gasteiger partial charge in [-0.15, -0.1) is 0 Å². The predicted octanol–water partition coefficient (Wildman–Crippen LogP) is 12.8. The number of fused-ring (bicyclic) bond motifs is 8. The lowest BCUT2D eigenvalue weighted by molar-refractivity contribution is 0.600. The van der Waals surface area contributed by atoms with Gasteiger partial charge in [0.05, 0.1) is 6.26 Å². The zero-order valence-corrected chi connectivity index (χ0v) is 24.8. The van der Waals surface area contributed by atoms with Crippen molar-refractivity contribution in [2.75, 3.05) is 0 Å². The maximum Gasteiger partial charge on any atom is 0.178 e. The van der Waals surface area contributed by atoms with E-state index in [1.165, 1.54) is 49.0 Å². The molecule has 0 fully saturated rings. The fourth-order valence-corrected chi connectivity index (χ4v) is 7.50. The highest BCUT2D eigenvalue weighted by Crippen LogP contribution is 2.46. The molecule has 0 amide bonds. The minimum atomic E-state index is 0.782. The van der Waals surface area contributed by atoms with Crippen molar-refractivity contribution in [1.82, 2.24) is 0 Å². The highest BCUT2D eigenvalue weighted by Gasteiger charge is 2.20. The van der Waals surface area contributed by atoms with Crippen molar-refractivity contribution in [3.63, 3.8) is 0 Å². The van der Waals surface area contributed by atoms with Crippen LogP contribution in [0.3, 0.4) is 0 Å². The molecule has 2 heteroatoms. The van der Waals surface area contributed by atoms with E-state index in [1.807, 2.05) is 12.3 Å². The molecule has 214 valence electrons. The molecule has 0 saturated carbocycles. The molecule has 46 heavy (non-hydrogen) atoms. The quantitative estimate of drug-likeness (QED) is 0.193. The first-order valence-corrected chi connectivity index (χ1v) is 15.7. The summed E-state index contributed by atoms with van der Waals surface area (Å²) in [6, 6.07) is 54.3. The molecule has 0 unspecified atom stereocenters. The summed E-state index contributed by atoms with van der Waals surface area (Å²) < 4.78 is 12.7. The van der Waals surface area contributed by atoms with Crippen LogP contribution < -0.4 is 0 Å². The Kier molecular flexibility index (Phi) is 5.31. The second-order valence-electron chi connectivity index (χ2n) is 12.0. The van der Waals surface area contributed by atoms with Crippen LogP contribution in [0.2, 0.25) is 0 Å². The van der Waals surface area contributed by atoms with Crippen LogP contribution in [0.25, 0.3) is 98.6 Å². The molecule has 0 aliphatic rings. The molecule has 10 rings (SSSR count). The minimum Gasteiger partial charge on any atom is -0.460 e. The summed E-state index contributed by atoms with van der Waals surface area (Å²) in [4.78, 5) is 0. The van der Waals surface area contributed by atoms with Gasteiger partial charge in [-0.25, -0.2) is 0 Å². The van der Waals surface area contributed by atoms with Crippen molar-refractivity contribution in [2.45, 2.75) is 0 Å². The zero-order chi connectivity index (χ0) is 30.2. The van der Waals surface area contributed by atoms with Gasteiger partial charge >= 0.3 is 0 Å². The Morgan fingerprint density at radius 3 is 1.74 bits per heavy atom. The van der Waals surface area contributed by atoms with Gasteiger partial charge in [0, 0.05) is 21.7 Å². The number of hydrogen-bond acceptors (Lipinski definition) is 2. The zero-order valence-electron chi connectivity index (χ0n) is 24.8. The van der Waals surface area contributed by atoms with Gasteiger partial charge in [0.1, 0.15) is 5.58 Å². The lowest BCUT2D eigenvalue weighted by Crippen LogP contribution is -1.91. The summed E-state index contributed by atoms with van der Waals surface area (Å²) in [5.74, 6) is 0. The summed E-state index contributed by atoms with van der Waals surface area (Å²) in [6.07, 6.45) is 1.84. The van der Waals surface area contributed by atoms with Gasteiger partial charge in [0.2, 0.25) is 0 Å². The van der Waals surface area contributed by atoms with E-state index < -0.39 is 0 Å². The van der Waals surface area contributed by atoms with Crippen LogP contribution >= 0.6 is 0 Å². The number of rotatable bonds is 3. The van der Waals surface area contributed by atoms with Crippen molar-refractivity contribution >= 4 is 65.2 Å². The van der Waals surface area contributed by atoms with Crippen molar-refractivity contribution in [2.24, 2.45) is 0 Å². The summed E-state index contributed by atoms with van der Waals surface area (Å²) in [5, 5.41) is 10.7. The molecule has 2 aromatic heterocycles. The van der Waals surface area contributed by atoms with Gasteiger partial charge in [-0.1, -0.05) is 127 Å². The van der Waals surface area contributed by atoms with E-state index in [0.717, 1.165) is 49.6 Å². The van der Waals surface area contributed by atoms with Gasteiger partial charge < -0.3 is 8.83 Å². The second-order valence-corrected chi connectivity index (χ2v) is 12.0. The van der Waals surface area contributed by atoms with E-state index in [9.17, 15) is 0 Å². The predicted molar refractivity (Wildman–Crippen MR) is 192 cm³/mol. The SMILES string of the molecule is c1ccc(-c2coc3c2ccc2c4cc(-c5c6ccccc6c(-c6cccc7ccccc67)c6ccccc56)ccc4oc23)cc1. The number of furan rings is 2. The molecule has 0 atom stereocenters. The number of benzene rings is 8. The average Bonchev–Trinajstić information content (AvgIpc) is 3.72. The molecule has 2 heterocycles. The number of hydrogen-bond donors (Lipinski definition) is 0. The van der Waals surface area contributed by atoms with Gasteiger partial charge in [-0.05, 0) is 84.4 Å². The first-order chi connectivity index (χ1) is 22.8. The summed E-state index contributed by atoms with van der Waals surface area (Å²) >= 11 is 0. The van der Waals surface area contributed by atoms with Crippen LogP contribution in [-0.2, 0) is 0 Å². The Morgan fingerprint density at radius 2 is 0.978 bits per heavy atom. The Morgan fingerprint density at radius 1 is 0.348 bits per heavy atom. The fraction of sp³-hybridized carbons (Fsp3) is 0. The van der Waals surface area contributed by atoms with Gasteiger partial charge in [-0.3, -0.25) is 0 Å². The van der Waals surface area contributed by atoms with Crippen molar-refractivity contribution < 1.29 is 8.83 Å². The van der Waals surface area contributed by atoms with Crippen LogP contribution in [0.4, 0.5) is 0 Å². The maximum atomic E-state index is 6.50. The Balaban J connectivity index is 1.24. The smallest absolute Gasteiger partial charge is 0.178 e. The molecule has 0 aliphatic carbocycles. The first-order valence-electron chi connectivity index (χ1n) is 15.7. The molecular formula is C44H26O2. The normalized spacial score (nSPS) is 11.9. The third kappa shape index (κ3) is 3.59. The van der Waals surface area contributed by atoms with Crippen LogP contribution in [0.1, 0.15) is 0 Å². The van der Waals surface area contributed by atoms with Crippen molar-refractivity contribution in [1.29, 1.82) is 0 Å². The maximum absolute atomic E-state index is 6.50. The molecule has 0 aliphatic heterocycles. The summed E-state index contributed by atoms with van der Waals surface area (Å²) in [5.41, 5.74) is 9.55. The van der Waals surface area contributed by atoms with E-state index in [-0.39, 0.29) is 0 Å². The van der Waals surface area contributed by atoms with E-state index >= 15 is 0 Å². The van der Waals surface area contributed by atoms with Crippen molar-refractivity contribution in [3.8, 4) is 33.4 Å². The molecule has 0 spiro atoms. The average molecular weight is 587 g/mol. The van der Waals surface area contributed by atoms with Gasteiger partial charge in [0.15, 0.2) is 11.2 Å². The molecule has 0 saturated heterocycles. The van der Waals surface area contributed by atoms with Crippen molar-refractivity contribution in [3.05, 3.63) is 158 Å². The first kappa shape index (κ1) is 25.2. The standard InChI is InChI=1S/C44H26O2/c1-2-11-28(12-3-1)39-26-45-43-37(39)23-22-36-38-25-29(21-24-40(38)46-44(36)43)41-32-16-6-8-18-34(32)42(35-19-9-7-17-33(35)41)31-20-10-14-27-13-4-5-15-30(27)31/h1-26H. The summed E-state index contributed by atoms with van der Waals surface area (Å²) in [7, 11) is 0. The third-order valence-corrected chi connectivity index (χ3v) is 9.54. The van der Waals surface area contributed by atoms with E-state index in [0.29, 0.717) is 0 Å². The Labute approximate surface area is 264 Å². The van der Waals surface area contributed by atoms with Crippen LogP contribution in [0, 0.1) is 0 Å². The lowest BCUT2D eigenvalue weighted by atomic mass is 9.84. The topological polar surface area (TPSA) is 26.3 Å². The highest BCUT2D eigenvalue weighted by molar-refractivity contribution is 6.24. The Hall–Kier alpha value is -6.12. The minimum absolute atomic E-state index is 0.782. The molecule has 10 aromatic rings. The van der Waals surface area contributed by atoms with Crippen LogP contribution in [0.5, 0.6) is 0 Å². The van der Waals surface area contributed by atoms with E-state index in [1.54, 1.807) is 0 Å². The van der Waals surface area contributed by atoms with Gasteiger partial charge in [0.25, 0.3) is 0 Å². The molecule has 0 bridgehead atoms. The second kappa shape index (κ2) is 9.69. The molecule has 0 N–H and O–H groups in total. The molecular weight excluding hydrogens is 560 g/mol. The van der Waals surface area contributed by atoms with E-state index in [4.69, 9.17) is 8.83 Å². The molecule has 2 nitrogen and oxygen atoms in total. The third-order valence-electron chi connectivity index (χ3n) is 9.54.